The minimum Gasteiger partial charge on any atom is -0.338 e. The summed E-state index contributed by atoms with van der Waals surface area (Å²) in [5.74, 6) is 0.172. The SMILES string of the molecule is CN1CCN(C(=O)c2cc(NC(=O)NCCCCN(C)Cc3ccc(F)cc3)cc(-c3nnnn3C)c2)CC1. The van der Waals surface area contributed by atoms with Crippen molar-refractivity contribution in [2.45, 2.75) is 19.4 Å². The molecular weight excluding hydrogens is 501 g/mol. The van der Waals surface area contributed by atoms with Crippen molar-refractivity contribution in [2.75, 3.05) is 58.7 Å². The molecule has 3 amide bonds. The number of hydrogen-bond donors (Lipinski definition) is 2. The van der Waals surface area contributed by atoms with Gasteiger partial charge in [0, 0.05) is 63.1 Å². The molecule has 1 saturated heterocycles. The number of halogens is 1. The van der Waals surface area contributed by atoms with E-state index in [1.807, 2.05) is 19.0 Å². The van der Waals surface area contributed by atoms with Crippen LogP contribution in [-0.4, -0.2) is 100 Å². The Balaban J connectivity index is 1.31. The maximum Gasteiger partial charge on any atom is 0.319 e. The van der Waals surface area contributed by atoms with Crippen molar-refractivity contribution >= 4 is 17.6 Å². The molecule has 0 saturated carbocycles. The van der Waals surface area contributed by atoms with Gasteiger partial charge < -0.3 is 25.3 Å². The molecule has 0 aliphatic carbocycles. The van der Waals surface area contributed by atoms with Gasteiger partial charge in [-0.25, -0.2) is 13.9 Å². The lowest BCUT2D eigenvalue weighted by molar-refractivity contribution is 0.0664. The molecule has 1 aliphatic rings. The van der Waals surface area contributed by atoms with E-state index < -0.39 is 0 Å². The number of rotatable bonds is 10. The number of carbonyl (C=O) groups excluding carboxylic acids is 2. The molecule has 1 aliphatic heterocycles. The van der Waals surface area contributed by atoms with Crippen LogP contribution in [0, 0.1) is 5.82 Å². The Hall–Kier alpha value is -3.90. The number of nitrogens with zero attached hydrogens (tertiary/aromatic N) is 7. The number of anilines is 1. The second-order valence-corrected chi connectivity index (χ2v) is 9.97. The van der Waals surface area contributed by atoms with Gasteiger partial charge in [-0.15, -0.1) is 5.10 Å². The summed E-state index contributed by atoms with van der Waals surface area (Å²) >= 11 is 0. The Morgan fingerprint density at radius 1 is 1.03 bits per heavy atom. The second kappa shape index (κ2) is 13.3. The molecule has 39 heavy (non-hydrogen) atoms. The highest BCUT2D eigenvalue weighted by Crippen LogP contribution is 2.24. The zero-order chi connectivity index (χ0) is 27.8. The molecular formula is C27H36FN9O2. The number of aryl methyl sites for hydroxylation is 1. The number of nitrogens with one attached hydrogen (secondary N) is 2. The Bertz CT molecular complexity index is 1260. The summed E-state index contributed by atoms with van der Waals surface area (Å²) in [5.41, 5.74) is 2.66. The van der Waals surface area contributed by atoms with Crippen LogP contribution in [0.1, 0.15) is 28.8 Å². The summed E-state index contributed by atoms with van der Waals surface area (Å²) in [6.45, 7) is 5.02. The van der Waals surface area contributed by atoms with Crippen molar-refractivity contribution in [3.63, 3.8) is 0 Å². The number of aromatic nitrogens is 4. The molecule has 1 aromatic heterocycles. The predicted octanol–water partition coefficient (Wildman–Crippen LogP) is 2.44. The highest BCUT2D eigenvalue weighted by molar-refractivity contribution is 5.98. The average molecular weight is 538 g/mol. The Kier molecular flexibility index (Phi) is 9.55. The van der Waals surface area contributed by atoms with Crippen molar-refractivity contribution in [3.05, 3.63) is 59.4 Å². The van der Waals surface area contributed by atoms with Gasteiger partial charge in [0.15, 0.2) is 5.82 Å². The molecule has 0 unspecified atom stereocenters. The fourth-order valence-electron chi connectivity index (χ4n) is 4.48. The summed E-state index contributed by atoms with van der Waals surface area (Å²) in [6.07, 6.45) is 1.70. The average Bonchev–Trinajstić information content (AvgIpc) is 3.35. The lowest BCUT2D eigenvalue weighted by Crippen LogP contribution is -2.47. The third-order valence-corrected chi connectivity index (χ3v) is 6.72. The topological polar surface area (TPSA) is 112 Å². The first kappa shape index (κ1) is 28.1. The number of hydrogen-bond acceptors (Lipinski definition) is 7. The smallest absolute Gasteiger partial charge is 0.319 e. The van der Waals surface area contributed by atoms with Crippen LogP contribution in [0.3, 0.4) is 0 Å². The molecule has 4 rings (SSSR count). The van der Waals surface area contributed by atoms with Crippen LogP contribution in [0.2, 0.25) is 0 Å². The summed E-state index contributed by atoms with van der Waals surface area (Å²) < 4.78 is 14.6. The minimum atomic E-state index is -0.346. The number of piperazine rings is 1. The second-order valence-electron chi connectivity index (χ2n) is 9.97. The summed E-state index contributed by atoms with van der Waals surface area (Å²) in [7, 11) is 5.78. The van der Waals surface area contributed by atoms with Crippen LogP contribution in [0.4, 0.5) is 14.9 Å². The zero-order valence-electron chi connectivity index (χ0n) is 22.7. The summed E-state index contributed by atoms with van der Waals surface area (Å²) in [4.78, 5) is 32.1. The Morgan fingerprint density at radius 3 is 2.46 bits per heavy atom. The molecule has 0 bridgehead atoms. The third-order valence-electron chi connectivity index (χ3n) is 6.72. The van der Waals surface area contributed by atoms with E-state index in [4.69, 9.17) is 0 Å². The van der Waals surface area contributed by atoms with Gasteiger partial charge in [0.2, 0.25) is 0 Å². The van der Waals surface area contributed by atoms with E-state index in [0.29, 0.717) is 42.3 Å². The molecule has 208 valence electrons. The van der Waals surface area contributed by atoms with Gasteiger partial charge in [0.25, 0.3) is 5.91 Å². The molecule has 0 atom stereocenters. The quantitative estimate of drug-likeness (QED) is 0.382. The lowest BCUT2D eigenvalue weighted by Gasteiger charge is -2.32. The van der Waals surface area contributed by atoms with Crippen molar-refractivity contribution in [2.24, 2.45) is 7.05 Å². The molecule has 2 aromatic carbocycles. The Morgan fingerprint density at radius 2 is 1.77 bits per heavy atom. The van der Waals surface area contributed by atoms with Gasteiger partial charge in [-0.05, 0) is 79.8 Å². The number of urea groups is 1. The maximum atomic E-state index is 13.3. The number of unbranched alkanes of at least 4 members (excludes halogenated alkanes) is 1. The van der Waals surface area contributed by atoms with Crippen molar-refractivity contribution in [3.8, 4) is 11.4 Å². The van der Waals surface area contributed by atoms with Gasteiger partial charge in [-0.3, -0.25) is 4.79 Å². The number of carbonyl (C=O) groups is 2. The number of tetrazole rings is 1. The van der Waals surface area contributed by atoms with E-state index in [9.17, 15) is 14.0 Å². The highest BCUT2D eigenvalue weighted by atomic mass is 19.1. The molecule has 3 aromatic rings. The molecule has 2 N–H and O–H groups in total. The van der Waals surface area contributed by atoms with Crippen LogP contribution in [0.25, 0.3) is 11.4 Å². The lowest BCUT2D eigenvalue weighted by atomic mass is 10.1. The molecule has 12 heteroatoms. The normalized spacial score (nSPS) is 14.0. The summed E-state index contributed by atoms with van der Waals surface area (Å²) in [6, 6.07) is 11.4. The van der Waals surface area contributed by atoms with Gasteiger partial charge in [0.05, 0.1) is 0 Å². The predicted molar refractivity (Wildman–Crippen MR) is 147 cm³/mol. The van der Waals surface area contributed by atoms with Crippen molar-refractivity contribution < 1.29 is 14.0 Å². The Labute approximate surface area is 228 Å². The van der Waals surface area contributed by atoms with E-state index in [2.05, 4.69) is 36.0 Å². The van der Waals surface area contributed by atoms with E-state index in [-0.39, 0.29) is 17.8 Å². The highest BCUT2D eigenvalue weighted by Gasteiger charge is 2.22. The number of amides is 3. The number of benzene rings is 2. The molecule has 2 heterocycles. The van der Waals surface area contributed by atoms with Crippen molar-refractivity contribution in [1.29, 1.82) is 0 Å². The standard InChI is InChI=1S/C27H36FN9O2/c1-34-12-14-37(15-13-34)26(38)22-16-21(25-31-32-33-36(25)3)17-24(18-22)30-27(39)29-10-4-5-11-35(2)19-20-6-8-23(28)9-7-20/h6-9,16-18H,4-5,10-15,19H2,1-3H3,(H2,29,30,39). The van der Waals surface area contributed by atoms with E-state index >= 15 is 0 Å². The fourth-order valence-corrected chi connectivity index (χ4v) is 4.48. The first-order valence-electron chi connectivity index (χ1n) is 13.1. The van der Waals surface area contributed by atoms with Crippen LogP contribution in [-0.2, 0) is 13.6 Å². The largest absolute Gasteiger partial charge is 0.338 e. The number of likely N-dealkylation sites (N-methyl/N-ethyl adjacent to an activating group) is 1. The van der Waals surface area contributed by atoms with E-state index in [1.54, 1.807) is 37.4 Å². The molecule has 0 spiro atoms. The first-order chi connectivity index (χ1) is 18.8. The molecule has 0 radical (unpaired) electrons. The van der Waals surface area contributed by atoms with Crippen LogP contribution < -0.4 is 10.6 Å². The minimum absolute atomic E-state index is 0.0895. The third kappa shape index (κ3) is 8.04. The zero-order valence-corrected chi connectivity index (χ0v) is 22.7. The fraction of sp³-hybridized carbons (Fsp3) is 0.444. The first-order valence-corrected chi connectivity index (χ1v) is 13.1. The van der Waals surface area contributed by atoms with Crippen LogP contribution in [0.15, 0.2) is 42.5 Å². The monoisotopic (exact) mass is 537 g/mol. The van der Waals surface area contributed by atoms with E-state index in [1.165, 1.54) is 16.8 Å². The van der Waals surface area contributed by atoms with Gasteiger partial charge in [-0.1, -0.05) is 12.1 Å². The maximum absolute atomic E-state index is 13.3. The van der Waals surface area contributed by atoms with Gasteiger partial charge >= 0.3 is 6.03 Å². The van der Waals surface area contributed by atoms with Gasteiger partial charge in [0.1, 0.15) is 5.82 Å². The van der Waals surface area contributed by atoms with Gasteiger partial charge in [-0.2, -0.15) is 0 Å². The molecule has 1 fully saturated rings. The van der Waals surface area contributed by atoms with Crippen LogP contribution in [0.5, 0.6) is 0 Å². The van der Waals surface area contributed by atoms with E-state index in [0.717, 1.165) is 44.6 Å². The summed E-state index contributed by atoms with van der Waals surface area (Å²) in [5, 5.41) is 17.4. The molecule has 11 nitrogen and oxygen atoms in total. The van der Waals surface area contributed by atoms with Crippen LogP contribution >= 0.6 is 0 Å². The van der Waals surface area contributed by atoms with Crippen molar-refractivity contribution in [1.82, 2.24) is 40.2 Å².